The predicted octanol–water partition coefficient (Wildman–Crippen LogP) is 2.52. The van der Waals surface area contributed by atoms with Gasteiger partial charge in [0.05, 0.1) is 25.1 Å². The molecule has 1 saturated carbocycles. The van der Waals surface area contributed by atoms with Crippen molar-refractivity contribution in [2.24, 2.45) is 5.92 Å². The maximum absolute atomic E-state index is 12.4. The number of hydrogen-bond donors (Lipinski definition) is 2. The van der Waals surface area contributed by atoms with Crippen LogP contribution in [0, 0.1) is 5.92 Å². The molecule has 1 aliphatic carbocycles. The lowest BCUT2D eigenvalue weighted by atomic mass is 10.2. The number of rotatable bonds is 5. The highest BCUT2D eigenvalue weighted by atomic mass is 16.5. The number of hydrogen-bond acceptors (Lipinski definition) is 5. The van der Waals surface area contributed by atoms with Crippen LogP contribution in [0.15, 0.2) is 42.6 Å². The maximum Gasteiger partial charge on any atom is 0.256 e. The van der Waals surface area contributed by atoms with Crippen LogP contribution in [0.3, 0.4) is 0 Å². The molecule has 2 aliphatic rings. The summed E-state index contributed by atoms with van der Waals surface area (Å²) in [6.07, 6.45) is 3.69. The van der Waals surface area contributed by atoms with Crippen LogP contribution in [0.4, 0.5) is 17.2 Å². The highest BCUT2D eigenvalue weighted by Gasteiger charge is 2.29. The number of carbonyl (C=O) groups is 2. The van der Waals surface area contributed by atoms with Gasteiger partial charge in [0.15, 0.2) is 0 Å². The highest BCUT2D eigenvalue weighted by Crippen LogP contribution is 2.30. The molecular formula is C20H22N4O3. The molecule has 2 heterocycles. The number of nitrogens with one attached hydrogen (secondary N) is 2. The first-order valence-corrected chi connectivity index (χ1v) is 9.20. The molecule has 27 heavy (non-hydrogen) atoms. The Bertz CT molecular complexity index is 810. The van der Waals surface area contributed by atoms with Gasteiger partial charge in [-0.05, 0) is 49.2 Å². The molecule has 4 rings (SSSR count). The molecule has 140 valence electrons. The first kappa shape index (κ1) is 17.5. The number of amides is 2. The van der Waals surface area contributed by atoms with Crippen molar-refractivity contribution in [1.82, 2.24) is 4.98 Å². The number of morpholine rings is 1. The van der Waals surface area contributed by atoms with E-state index >= 15 is 0 Å². The van der Waals surface area contributed by atoms with E-state index in [1.807, 2.05) is 6.07 Å². The summed E-state index contributed by atoms with van der Waals surface area (Å²) in [6.45, 7) is 3.12. The minimum Gasteiger partial charge on any atom is -0.378 e. The molecular weight excluding hydrogens is 344 g/mol. The molecule has 0 atom stereocenters. The van der Waals surface area contributed by atoms with Crippen LogP contribution < -0.4 is 15.5 Å². The van der Waals surface area contributed by atoms with Crippen LogP contribution in [0.1, 0.15) is 23.2 Å². The largest absolute Gasteiger partial charge is 0.378 e. The summed E-state index contributed by atoms with van der Waals surface area (Å²) in [7, 11) is 0. The van der Waals surface area contributed by atoms with Gasteiger partial charge in [0.2, 0.25) is 5.91 Å². The molecule has 0 unspecified atom stereocenters. The van der Waals surface area contributed by atoms with Crippen molar-refractivity contribution >= 4 is 29.0 Å². The molecule has 0 bridgehead atoms. The minimum atomic E-state index is -0.235. The number of aromatic nitrogens is 1. The normalized spacial score (nSPS) is 16.7. The SMILES string of the molecule is O=C(Nc1ccc(N2CCOCC2)cn1)c1ccc(NC(=O)C2CC2)cc1. The van der Waals surface area contributed by atoms with E-state index in [1.165, 1.54) is 0 Å². The Hall–Kier alpha value is -2.93. The molecule has 0 radical (unpaired) electrons. The Morgan fingerprint density at radius 2 is 1.74 bits per heavy atom. The summed E-state index contributed by atoms with van der Waals surface area (Å²) in [5, 5.41) is 5.66. The Labute approximate surface area is 157 Å². The first-order chi connectivity index (χ1) is 13.2. The molecule has 2 N–H and O–H groups in total. The highest BCUT2D eigenvalue weighted by molar-refractivity contribution is 6.04. The van der Waals surface area contributed by atoms with Crippen LogP contribution in [-0.2, 0) is 9.53 Å². The van der Waals surface area contributed by atoms with Crippen molar-refractivity contribution in [3.8, 4) is 0 Å². The van der Waals surface area contributed by atoms with Crippen molar-refractivity contribution in [1.29, 1.82) is 0 Å². The van der Waals surface area contributed by atoms with Crippen LogP contribution in [0.25, 0.3) is 0 Å². The summed E-state index contributed by atoms with van der Waals surface area (Å²) < 4.78 is 5.35. The van der Waals surface area contributed by atoms with Crippen LogP contribution in [0.5, 0.6) is 0 Å². The fourth-order valence-electron chi connectivity index (χ4n) is 2.95. The lowest BCUT2D eigenvalue weighted by molar-refractivity contribution is -0.117. The van der Waals surface area contributed by atoms with Gasteiger partial charge in [-0.3, -0.25) is 9.59 Å². The Balaban J connectivity index is 1.34. The Morgan fingerprint density at radius 1 is 1.00 bits per heavy atom. The zero-order chi connectivity index (χ0) is 18.6. The van der Waals surface area contributed by atoms with Gasteiger partial charge in [-0.2, -0.15) is 0 Å². The lowest BCUT2D eigenvalue weighted by Gasteiger charge is -2.28. The molecule has 2 fully saturated rings. The second-order valence-electron chi connectivity index (χ2n) is 6.80. The van der Waals surface area contributed by atoms with Crippen molar-refractivity contribution in [3.05, 3.63) is 48.2 Å². The molecule has 0 spiro atoms. The van der Waals surface area contributed by atoms with Crippen LogP contribution in [-0.4, -0.2) is 43.1 Å². The smallest absolute Gasteiger partial charge is 0.256 e. The molecule has 1 aromatic carbocycles. The van der Waals surface area contributed by atoms with E-state index < -0.39 is 0 Å². The van der Waals surface area contributed by atoms with E-state index in [9.17, 15) is 9.59 Å². The maximum atomic E-state index is 12.4. The van der Waals surface area contributed by atoms with Gasteiger partial charge in [-0.1, -0.05) is 0 Å². The quantitative estimate of drug-likeness (QED) is 0.850. The molecule has 1 saturated heterocycles. The van der Waals surface area contributed by atoms with Gasteiger partial charge in [-0.25, -0.2) is 4.98 Å². The van der Waals surface area contributed by atoms with Gasteiger partial charge in [0.1, 0.15) is 5.82 Å². The third kappa shape index (κ3) is 4.43. The summed E-state index contributed by atoms with van der Waals surface area (Å²) in [5.41, 5.74) is 2.24. The number of nitrogens with zero attached hydrogens (tertiary/aromatic N) is 2. The zero-order valence-electron chi connectivity index (χ0n) is 15.0. The van der Waals surface area contributed by atoms with Crippen molar-refractivity contribution in [2.75, 3.05) is 41.8 Å². The third-order valence-electron chi connectivity index (χ3n) is 4.73. The number of carbonyl (C=O) groups excluding carboxylic acids is 2. The number of anilines is 3. The topological polar surface area (TPSA) is 83.6 Å². The average molecular weight is 366 g/mol. The average Bonchev–Trinajstić information content (AvgIpc) is 3.55. The first-order valence-electron chi connectivity index (χ1n) is 9.20. The van der Waals surface area contributed by atoms with E-state index in [4.69, 9.17) is 4.74 Å². The second-order valence-corrected chi connectivity index (χ2v) is 6.80. The van der Waals surface area contributed by atoms with Crippen molar-refractivity contribution < 1.29 is 14.3 Å². The Morgan fingerprint density at radius 3 is 2.37 bits per heavy atom. The van der Waals surface area contributed by atoms with E-state index in [1.54, 1.807) is 36.5 Å². The van der Waals surface area contributed by atoms with E-state index in [0.29, 0.717) is 17.1 Å². The number of ether oxygens (including phenoxy) is 1. The van der Waals surface area contributed by atoms with Gasteiger partial charge < -0.3 is 20.3 Å². The molecule has 1 aliphatic heterocycles. The van der Waals surface area contributed by atoms with Gasteiger partial charge in [0, 0.05) is 30.3 Å². The second kappa shape index (κ2) is 7.75. The standard InChI is InChI=1S/C20H22N4O3/c25-19(14-1-2-14)22-16-5-3-15(4-6-16)20(26)23-18-8-7-17(13-21-18)24-9-11-27-12-10-24/h3-8,13-14H,1-2,9-12H2,(H,22,25)(H,21,23,26). The minimum absolute atomic E-state index is 0.0526. The molecule has 7 heteroatoms. The monoisotopic (exact) mass is 366 g/mol. The molecule has 2 amide bonds. The van der Waals surface area contributed by atoms with Crippen LogP contribution in [0.2, 0.25) is 0 Å². The van der Waals surface area contributed by atoms with E-state index in [0.717, 1.165) is 44.8 Å². The van der Waals surface area contributed by atoms with Gasteiger partial charge in [0.25, 0.3) is 5.91 Å². The fraction of sp³-hybridized carbons (Fsp3) is 0.350. The summed E-state index contributed by atoms with van der Waals surface area (Å²) >= 11 is 0. The van der Waals surface area contributed by atoms with E-state index in [-0.39, 0.29) is 17.7 Å². The lowest BCUT2D eigenvalue weighted by Crippen LogP contribution is -2.36. The fourth-order valence-corrected chi connectivity index (χ4v) is 2.95. The summed E-state index contributed by atoms with van der Waals surface area (Å²) in [5.74, 6) is 0.473. The van der Waals surface area contributed by atoms with Gasteiger partial charge >= 0.3 is 0 Å². The third-order valence-corrected chi connectivity index (χ3v) is 4.73. The van der Waals surface area contributed by atoms with Gasteiger partial charge in [-0.15, -0.1) is 0 Å². The number of pyridine rings is 1. The van der Waals surface area contributed by atoms with Crippen LogP contribution >= 0.6 is 0 Å². The summed E-state index contributed by atoms with van der Waals surface area (Å²) in [6, 6.07) is 10.6. The molecule has 2 aromatic rings. The van der Waals surface area contributed by atoms with E-state index in [2.05, 4.69) is 20.5 Å². The predicted molar refractivity (Wildman–Crippen MR) is 103 cm³/mol. The molecule has 1 aromatic heterocycles. The Kier molecular flexibility index (Phi) is 5.02. The summed E-state index contributed by atoms with van der Waals surface area (Å²) in [4.78, 5) is 30.7. The number of benzene rings is 1. The van der Waals surface area contributed by atoms with Crippen molar-refractivity contribution in [3.63, 3.8) is 0 Å². The molecule has 7 nitrogen and oxygen atoms in total. The van der Waals surface area contributed by atoms with Crippen molar-refractivity contribution in [2.45, 2.75) is 12.8 Å². The zero-order valence-corrected chi connectivity index (χ0v) is 15.0.